The normalized spacial score (nSPS) is 14.8. The molecular formula is C20H22N2O5S. The van der Waals surface area contributed by atoms with Crippen LogP contribution in [0.1, 0.15) is 36.5 Å². The van der Waals surface area contributed by atoms with E-state index in [0.29, 0.717) is 30.1 Å². The van der Waals surface area contributed by atoms with E-state index in [2.05, 4.69) is 5.32 Å². The van der Waals surface area contributed by atoms with Crippen LogP contribution >= 0.6 is 11.3 Å². The summed E-state index contributed by atoms with van der Waals surface area (Å²) in [5.74, 6) is -1.02. The number of amides is 2. The van der Waals surface area contributed by atoms with E-state index in [-0.39, 0.29) is 30.6 Å². The number of carboxylic acid groups (broad SMARTS) is 1. The Kier molecular flexibility index (Phi) is 6.30. The molecule has 28 heavy (non-hydrogen) atoms. The molecule has 1 aromatic carbocycles. The molecule has 0 unspecified atom stereocenters. The Hall–Kier alpha value is -2.87. The lowest BCUT2D eigenvalue weighted by Gasteiger charge is -2.20. The maximum atomic E-state index is 12.5. The molecule has 0 bridgehead atoms. The third kappa shape index (κ3) is 4.69. The Labute approximate surface area is 166 Å². The second-order valence-electron chi connectivity index (χ2n) is 6.60. The molecular weight excluding hydrogens is 380 g/mol. The van der Waals surface area contributed by atoms with Crippen molar-refractivity contribution >= 4 is 40.5 Å². The number of benzene rings is 1. The number of carbonyl (C=O) groups excluding carboxylic acids is 2. The quantitative estimate of drug-likeness (QED) is 0.705. The fourth-order valence-electron chi connectivity index (χ4n) is 3.32. The Morgan fingerprint density at radius 2 is 2.14 bits per heavy atom. The summed E-state index contributed by atoms with van der Waals surface area (Å²) in [6.45, 7) is 0.651. The maximum absolute atomic E-state index is 12.5. The minimum atomic E-state index is -0.937. The highest BCUT2D eigenvalue weighted by atomic mass is 32.1. The predicted octanol–water partition coefficient (Wildman–Crippen LogP) is 3.47. The number of hydrogen-bond acceptors (Lipinski definition) is 5. The van der Waals surface area contributed by atoms with Crippen molar-refractivity contribution < 1.29 is 24.2 Å². The number of methoxy groups -OCH3 is 1. The van der Waals surface area contributed by atoms with Crippen LogP contribution in [0, 0.1) is 0 Å². The first-order chi connectivity index (χ1) is 13.5. The van der Waals surface area contributed by atoms with Crippen molar-refractivity contribution in [3.63, 3.8) is 0 Å². The molecule has 0 radical (unpaired) electrons. The Balaban J connectivity index is 1.71. The van der Waals surface area contributed by atoms with Gasteiger partial charge in [0.25, 0.3) is 0 Å². The third-order valence-electron chi connectivity index (χ3n) is 4.63. The summed E-state index contributed by atoms with van der Waals surface area (Å²) in [6.07, 6.45) is 1.30. The molecule has 2 heterocycles. The predicted molar refractivity (Wildman–Crippen MR) is 107 cm³/mol. The van der Waals surface area contributed by atoms with Gasteiger partial charge in [0.1, 0.15) is 5.75 Å². The lowest BCUT2D eigenvalue weighted by atomic mass is 9.99. The number of aliphatic carboxylic acids is 1. The molecule has 1 aromatic heterocycles. The van der Waals surface area contributed by atoms with Crippen LogP contribution in [0.25, 0.3) is 0 Å². The van der Waals surface area contributed by atoms with Gasteiger partial charge in [-0.15, -0.1) is 11.3 Å². The molecule has 2 aromatic rings. The van der Waals surface area contributed by atoms with Crippen molar-refractivity contribution in [3.8, 4) is 5.75 Å². The summed E-state index contributed by atoms with van der Waals surface area (Å²) in [4.78, 5) is 38.2. The minimum absolute atomic E-state index is 0.0579. The Morgan fingerprint density at radius 3 is 2.75 bits per heavy atom. The van der Waals surface area contributed by atoms with Crippen LogP contribution < -0.4 is 15.0 Å². The molecule has 3 rings (SSSR count). The van der Waals surface area contributed by atoms with Crippen molar-refractivity contribution in [3.05, 3.63) is 40.6 Å². The zero-order valence-electron chi connectivity index (χ0n) is 15.5. The van der Waals surface area contributed by atoms with E-state index in [1.165, 1.54) is 18.4 Å². The van der Waals surface area contributed by atoms with Crippen molar-refractivity contribution in [1.82, 2.24) is 0 Å². The smallest absolute Gasteiger partial charge is 0.304 e. The van der Waals surface area contributed by atoms with E-state index < -0.39 is 5.97 Å². The zero-order chi connectivity index (χ0) is 20.1. The van der Waals surface area contributed by atoms with E-state index >= 15 is 0 Å². The van der Waals surface area contributed by atoms with E-state index in [1.807, 2.05) is 17.5 Å². The molecule has 148 valence electrons. The van der Waals surface area contributed by atoms with Gasteiger partial charge in [-0.1, -0.05) is 6.07 Å². The molecule has 1 aliphatic heterocycles. The molecule has 0 aliphatic carbocycles. The first-order valence-electron chi connectivity index (χ1n) is 9.01. The maximum Gasteiger partial charge on any atom is 0.304 e. The van der Waals surface area contributed by atoms with Gasteiger partial charge in [0.2, 0.25) is 11.8 Å². The number of nitrogens with one attached hydrogen (secondary N) is 1. The van der Waals surface area contributed by atoms with Crippen LogP contribution in [-0.4, -0.2) is 36.5 Å². The van der Waals surface area contributed by atoms with E-state index in [4.69, 9.17) is 9.84 Å². The van der Waals surface area contributed by atoms with Gasteiger partial charge in [0.05, 0.1) is 19.2 Å². The molecule has 8 heteroatoms. The molecule has 0 saturated carbocycles. The largest absolute Gasteiger partial charge is 0.494 e. The fourth-order valence-corrected chi connectivity index (χ4v) is 4.16. The van der Waals surface area contributed by atoms with Crippen LogP contribution in [0.3, 0.4) is 0 Å². The number of carboxylic acids is 1. The van der Waals surface area contributed by atoms with Gasteiger partial charge in [0, 0.05) is 41.9 Å². The Morgan fingerprint density at radius 1 is 1.32 bits per heavy atom. The standard InChI is InChI=1S/C20H22N2O5S/c1-27-16-12-14(6-7-15(16)22-8-2-5-19(22)24)21-18(23)10-13(11-20(25)26)17-4-3-9-28-17/h3-4,6-7,9,12-13H,2,5,8,10-11H2,1H3,(H,21,23)(H,25,26)/t13-/m0/s1. The van der Waals surface area contributed by atoms with Crippen molar-refractivity contribution in [2.45, 2.75) is 31.6 Å². The van der Waals surface area contributed by atoms with Crippen molar-refractivity contribution in [2.75, 3.05) is 23.9 Å². The molecule has 2 amide bonds. The molecule has 0 spiro atoms. The second kappa shape index (κ2) is 8.88. The number of hydrogen-bond donors (Lipinski definition) is 2. The van der Waals surface area contributed by atoms with E-state index in [1.54, 1.807) is 23.1 Å². The van der Waals surface area contributed by atoms with Crippen molar-refractivity contribution in [2.24, 2.45) is 0 Å². The number of rotatable bonds is 8. The number of nitrogens with zero attached hydrogens (tertiary/aromatic N) is 1. The average molecular weight is 402 g/mol. The fraction of sp³-hybridized carbons (Fsp3) is 0.350. The lowest BCUT2D eigenvalue weighted by molar-refractivity contribution is -0.137. The van der Waals surface area contributed by atoms with Gasteiger partial charge in [0.15, 0.2) is 0 Å². The molecule has 1 fully saturated rings. The second-order valence-corrected chi connectivity index (χ2v) is 7.58. The molecule has 2 N–H and O–H groups in total. The van der Waals surface area contributed by atoms with Crippen LogP contribution in [-0.2, 0) is 14.4 Å². The first kappa shape index (κ1) is 19.9. The van der Waals surface area contributed by atoms with E-state index in [9.17, 15) is 14.4 Å². The van der Waals surface area contributed by atoms with Gasteiger partial charge >= 0.3 is 5.97 Å². The average Bonchev–Trinajstić information content (AvgIpc) is 3.32. The number of carbonyl (C=O) groups is 3. The molecule has 1 saturated heterocycles. The Bertz CT molecular complexity index is 865. The first-order valence-corrected chi connectivity index (χ1v) is 9.89. The number of thiophene rings is 1. The highest BCUT2D eigenvalue weighted by molar-refractivity contribution is 7.10. The number of ether oxygens (including phenoxy) is 1. The summed E-state index contributed by atoms with van der Waals surface area (Å²) < 4.78 is 5.40. The topological polar surface area (TPSA) is 95.9 Å². The summed E-state index contributed by atoms with van der Waals surface area (Å²) in [6, 6.07) is 8.84. The molecule has 1 atom stereocenters. The van der Waals surface area contributed by atoms with E-state index in [0.717, 1.165) is 11.3 Å². The van der Waals surface area contributed by atoms with Crippen LogP contribution in [0.5, 0.6) is 5.75 Å². The summed E-state index contributed by atoms with van der Waals surface area (Å²) in [5, 5.41) is 13.8. The van der Waals surface area contributed by atoms with Crippen LogP contribution in [0.15, 0.2) is 35.7 Å². The molecule has 1 aliphatic rings. The summed E-state index contributed by atoms with van der Waals surface area (Å²) in [7, 11) is 1.52. The summed E-state index contributed by atoms with van der Waals surface area (Å²) in [5.41, 5.74) is 1.22. The SMILES string of the molecule is COc1cc(NC(=O)C[C@@H](CC(=O)O)c2cccs2)ccc1N1CCCC1=O. The highest BCUT2D eigenvalue weighted by Gasteiger charge is 2.25. The van der Waals surface area contributed by atoms with Gasteiger partial charge in [-0.2, -0.15) is 0 Å². The zero-order valence-corrected chi connectivity index (χ0v) is 16.3. The monoisotopic (exact) mass is 402 g/mol. The number of anilines is 2. The molecule has 7 nitrogen and oxygen atoms in total. The van der Waals surface area contributed by atoms with Gasteiger partial charge in [-0.05, 0) is 30.0 Å². The van der Waals surface area contributed by atoms with Gasteiger partial charge in [-0.25, -0.2) is 0 Å². The van der Waals surface area contributed by atoms with Gasteiger partial charge < -0.3 is 20.1 Å². The third-order valence-corrected chi connectivity index (χ3v) is 5.66. The minimum Gasteiger partial charge on any atom is -0.494 e. The van der Waals surface area contributed by atoms with Gasteiger partial charge in [-0.3, -0.25) is 14.4 Å². The lowest BCUT2D eigenvalue weighted by Crippen LogP contribution is -2.24. The van der Waals surface area contributed by atoms with Crippen LogP contribution in [0.2, 0.25) is 0 Å². The highest BCUT2D eigenvalue weighted by Crippen LogP contribution is 2.34. The van der Waals surface area contributed by atoms with Crippen molar-refractivity contribution in [1.29, 1.82) is 0 Å². The summed E-state index contributed by atoms with van der Waals surface area (Å²) >= 11 is 1.44. The van der Waals surface area contributed by atoms with Crippen LogP contribution in [0.4, 0.5) is 11.4 Å².